The fourth-order valence-electron chi connectivity index (χ4n) is 1.56. The molecule has 4 N–H and O–H groups in total. The lowest BCUT2D eigenvalue weighted by molar-refractivity contribution is 0.102. The Bertz CT molecular complexity index is 671. The number of aromatic nitrogens is 2. The van der Waals surface area contributed by atoms with Gasteiger partial charge in [-0.2, -0.15) is 5.10 Å². The van der Waals surface area contributed by atoms with Crippen LogP contribution in [0.1, 0.15) is 15.9 Å². The lowest BCUT2D eigenvalue weighted by Crippen LogP contribution is -2.17. The van der Waals surface area contributed by atoms with Crippen LogP contribution in [-0.4, -0.2) is 28.2 Å². The van der Waals surface area contributed by atoms with Gasteiger partial charge in [0.1, 0.15) is 16.6 Å². The number of hydrogen-bond acceptors (Lipinski definition) is 4. The Hall–Kier alpha value is -1.93. The van der Waals surface area contributed by atoms with E-state index in [-0.39, 0.29) is 10.9 Å². The predicted molar refractivity (Wildman–Crippen MR) is 83.1 cm³/mol. The van der Waals surface area contributed by atoms with Crippen LogP contribution >= 0.6 is 28.1 Å². The third-order valence-electron chi connectivity index (χ3n) is 2.56. The Morgan fingerprint density at radius 1 is 1.55 bits per heavy atom. The van der Waals surface area contributed by atoms with Gasteiger partial charge in [0.05, 0.1) is 23.3 Å². The van der Waals surface area contributed by atoms with Crippen molar-refractivity contribution in [3.8, 4) is 5.75 Å². The van der Waals surface area contributed by atoms with E-state index in [1.165, 1.54) is 6.20 Å². The molecule has 2 aromatic rings. The van der Waals surface area contributed by atoms with Gasteiger partial charge in [-0.05, 0) is 34.1 Å². The molecule has 1 aromatic carbocycles. The normalized spacial score (nSPS) is 10.1. The highest BCUT2D eigenvalue weighted by Gasteiger charge is 2.13. The van der Waals surface area contributed by atoms with Crippen LogP contribution in [0.25, 0.3) is 0 Å². The molecular weight excluding hydrogens is 344 g/mol. The van der Waals surface area contributed by atoms with Gasteiger partial charge < -0.3 is 15.8 Å². The number of amides is 1. The maximum atomic E-state index is 12.1. The molecule has 0 atom stereocenters. The number of ether oxygens (including phenoxy) is 1. The van der Waals surface area contributed by atoms with Gasteiger partial charge in [-0.25, -0.2) is 0 Å². The van der Waals surface area contributed by atoms with Gasteiger partial charge in [0.15, 0.2) is 0 Å². The molecule has 0 bridgehead atoms. The van der Waals surface area contributed by atoms with Gasteiger partial charge in [0.2, 0.25) is 0 Å². The van der Waals surface area contributed by atoms with Crippen molar-refractivity contribution in [1.29, 1.82) is 0 Å². The molecule has 20 heavy (non-hydrogen) atoms. The molecule has 0 radical (unpaired) electrons. The summed E-state index contributed by atoms with van der Waals surface area (Å²) in [6, 6.07) is 5.00. The third-order valence-corrected chi connectivity index (χ3v) is 3.40. The van der Waals surface area contributed by atoms with Gasteiger partial charge in [0, 0.05) is 5.56 Å². The minimum atomic E-state index is -0.310. The van der Waals surface area contributed by atoms with Crippen LogP contribution in [0.3, 0.4) is 0 Å². The number of carbonyl (C=O) groups excluding carboxylic acids is 1. The van der Waals surface area contributed by atoms with Crippen LogP contribution in [0, 0.1) is 0 Å². The fraction of sp³-hybridized carbons (Fsp3) is 0.0833. The minimum absolute atomic E-state index is 0.157. The number of nitrogens with zero attached hydrogens (tertiary/aromatic N) is 1. The molecule has 104 valence electrons. The van der Waals surface area contributed by atoms with E-state index in [1.807, 2.05) is 0 Å². The van der Waals surface area contributed by atoms with Crippen molar-refractivity contribution < 1.29 is 9.53 Å². The molecule has 0 aliphatic carbocycles. The van der Waals surface area contributed by atoms with Crippen LogP contribution in [0.15, 0.2) is 28.9 Å². The Morgan fingerprint density at radius 3 is 2.90 bits per heavy atom. The SMILES string of the molecule is COc1ccc(C(=O)Nc2[nH]ncc2C(N)=S)cc1Br. The Balaban J connectivity index is 2.22. The Morgan fingerprint density at radius 2 is 2.30 bits per heavy atom. The summed E-state index contributed by atoms with van der Waals surface area (Å²) in [7, 11) is 1.55. The molecule has 0 saturated carbocycles. The van der Waals surface area contributed by atoms with Crippen molar-refractivity contribution in [2.75, 3.05) is 12.4 Å². The second-order valence-corrected chi connectivity index (χ2v) is 5.12. The van der Waals surface area contributed by atoms with E-state index in [0.29, 0.717) is 27.2 Å². The van der Waals surface area contributed by atoms with E-state index in [2.05, 4.69) is 31.4 Å². The topological polar surface area (TPSA) is 93.0 Å². The summed E-state index contributed by atoms with van der Waals surface area (Å²) in [5.74, 6) is 0.705. The van der Waals surface area contributed by atoms with Crippen molar-refractivity contribution in [1.82, 2.24) is 10.2 Å². The molecule has 0 aliphatic heterocycles. The first-order valence-corrected chi connectivity index (χ1v) is 6.71. The molecule has 0 saturated heterocycles. The Labute approximate surface area is 128 Å². The molecule has 1 amide bonds. The maximum Gasteiger partial charge on any atom is 0.256 e. The van der Waals surface area contributed by atoms with E-state index in [9.17, 15) is 4.79 Å². The lowest BCUT2D eigenvalue weighted by atomic mass is 10.2. The van der Waals surface area contributed by atoms with E-state index in [0.717, 1.165) is 0 Å². The summed E-state index contributed by atoms with van der Waals surface area (Å²) < 4.78 is 5.79. The van der Waals surface area contributed by atoms with E-state index in [1.54, 1.807) is 25.3 Å². The Kier molecular flexibility index (Phi) is 4.35. The van der Waals surface area contributed by atoms with Gasteiger partial charge in [-0.3, -0.25) is 9.89 Å². The number of aromatic amines is 1. The number of halogens is 1. The van der Waals surface area contributed by atoms with Gasteiger partial charge in [-0.1, -0.05) is 12.2 Å². The highest BCUT2D eigenvalue weighted by atomic mass is 79.9. The average molecular weight is 355 g/mol. The second kappa shape index (κ2) is 6.02. The summed E-state index contributed by atoms with van der Waals surface area (Å²) in [6.45, 7) is 0. The minimum Gasteiger partial charge on any atom is -0.496 e. The first-order chi connectivity index (χ1) is 9.52. The largest absolute Gasteiger partial charge is 0.496 e. The molecule has 0 spiro atoms. The molecule has 1 heterocycles. The number of thiocarbonyl (C=S) groups is 1. The zero-order valence-electron chi connectivity index (χ0n) is 10.4. The summed E-state index contributed by atoms with van der Waals surface area (Å²) in [5, 5.41) is 9.10. The highest BCUT2D eigenvalue weighted by molar-refractivity contribution is 9.10. The lowest BCUT2D eigenvalue weighted by Gasteiger charge is -2.07. The number of rotatable bonds is 4. The molecule has 0 fully saturated rings. The van der Waals surface area contributed by atoms with Crippen molar-refractivity contribution in [2.24, 2.45) is 5.73 Å². The molecule has 6 nitrogen and oxygen atoms in total. The monoisotopic (exact) mass is 354 g/mol. The van der Waals surface area contributed by atoms with E-state index >= 15 is 0 Å². The van der Waals surface area contributed by atoms with Gasteiger partial charge >= 0.3 is 0 Å². The number of benzene rings is 1. The van der Waals surface area contributed by atoms with Crippen molar-refractivity contribution in [3.05, 3.63) is 40.0 Å². The number of carbonyl (C=O) groups is 1. The van der Waals surface area contributed by atoms with Crippen molar-refractivity contribution in [3.63, 3.8) is 0 Å². The smallest absolute Gasteiger partial charge is 0.256 e. The van der Waals surface area contributed by atoms with Crippen LogP contribution in [0.4, 0.5) is 5.82 Å². The van der Waals surface area contributed by atoms with Crippen LogP contribution in [0.2, 0.25) is 0 Å². The van der Waals surface area contributed by atoms with E-state index in [4.69, 9.17) is 22.7 Å². The summed E-state index contributed by atoms with van der Waals surface area (Å²) in [5.41, 5.74) is 6.48. The highest BCUT2D eigenvalue weighted by Crippen LogP contribution is 2.26. The first-order valence-electron chi connectivity index (χ1n) is 5.51. The average Bonchev–Trinajstić information content (AvgIpc) is 2.86. The maximum absolute atomic E-state index is 12.1. The summed E-state index contributed by atoms with van der Waals surface area (Å²) >= 11 is 8.19. The molecular formula is C12H11BrN4O2S. The van der Waals surface area contributed by atoms with Gasteiger partial charge in [-0.15, -0.1) is 0 Å². The second-order valence-electron chi connectivity index (χ2n) is 3.83. The molecule has 1 aromatic heterocycles. The number of H-pyrrole nitrogens is 1. The number of methoxy groups -OCH3 is 1. The van der Waals surface area contributed by atoms with Crippen LogP contribution < -0.4 is 15.8 Å². The van der Waals surface area contributed by atoms with Crippen LogP contribution in [0.5, 0.6) is 5.75 Å². The molecule has 2 rings (SSSR count). The zero-order valence-corrected chi connectivity index (χ0v) is 12.8. The zero-order chi connectivity index (χ0) is 14.7. The number of nitrogens with two attached hydrogens (primary N) is 1. The molecule has 8 heteroatoms. The predicted octanol–water partition coefficient (Wildman–Crippen LogP) is 2.07. The standard InChI is InChI=1S/C12H11BrN4O2S/c1-19-9-3-2-6(4-8(9)13)12(18)16-11-7(10(14)20)5-15-17-11/h2-5H,1H3,(H2,14,20)(H2,15,16,17,18). The van der Waals surface area contributed by atoms with Gasteiger partial charge in [0.25, 0.3) is 5.91 Å². The third kappa shape index (κ3) is 2.97. The fourth-order valence-corrected chi connectivity index (χ4v) is 2.26. The number of hydrogen-bond donors (Lipinski definition) is 3. The van der Waals surface area contributed by atoms with Crippen molar-refractivity contribution >= 4 is 44.9 Å². The molecule has 0 aliphatic rings. The quantitative estimate of drug-likeness (QED) is 0.730. The molecule has 0 unspecified atom stereocenters. The summed E-state index contributed by atoms with van der Waals surface area (Å²) in [4.78, 5) is 12.3. The van der Waals surface area contributed by atoms with Crippen LogP contribution in [-0.2, 0) is 0 Å². The number of nitrogens with one attached hydrogen (secondary N) is 2. The number of anilines is 1. The first kappa shape index (κ1) is 14.5. The van der Waals surface area contributed by atoms with Crippen molar-refractivity contribution in [2.45, 2.75) is 0 Å². The summed E-state index contributed by atoms with van der Waals surface area (Å²) in [6.07, 6.45) is 1.46. The van der Waals surface area contributed by atoms with E-state index < -0.39 is 0 Å².